The van der Waals surface area contributed by atoms with E-state index in [-0.39, 0.29) is 17.9 Å². The zero-order valence-electron chi connectivity index (χ0n) is 14.3. The van der Waals surface area contributed by atoms with Gasteiger partial charge in [-0.25, -0.2) is 4.98 Å². The Morgan fingerprint density at radius 1 is 1.25 bits per heavy atom. The van der Waals surface area contributed by atoms with Crippen LogP contribution in [0.1, 0.15) is 52.6 Å². The number of benzene rings is 1. The second kappa shape index (κ2) is 7.13. The van der Waals surface area contributed by atoms with Crippen LogP contribution in [0.4, 0.5) is 0 Å². The van der Waals surface area contributed by atoms with Gasteiger partial charge in [0, 0.05) is 12.0 Å². The van der Waals surface area contributed by atoms with Crippen molar-refractivity contribution in [3.63, 3.8) is 0 Å². The summed E-state index contributed by atoms with van der Waals surface area (Å²) < 4.78 is 0. The Kier molecular flexibility index (Phi) is 5.39. The molecule has 1 heterocycles. The molecule has 6 heteroatoms. The molecule has 0 aliphatic heterocycles. The first-order valence-corrected chi connectivity index (χ1v) is 8.55. The van der Waals surface area contributed by atoms with Crippen LogP contribution in [0.25, 0.3) is 0 Å². The van der Waals surface area contributed by atoms with Crippen molar-refractivity contribution in [2.75, 3.05) is 6.54 Å². The number of hydrogen-bond acceptors (Lipinski definition) is 4. The van der Waals surface area contributed by atoms with E-state index in [2.05, 4.69) is 10.3 Å². The number of carboxylic acids is 1. The van der Waals surface area contributed by atoms with Crippen molar-refractivity contribution in [2.45, 2.75) is 39.0 Å². The van der Waals surface area contributed by atoms with Gasteiger partial charge in [0.15, 0.2) is 0 Å². The van der Waals surface area contributed by atoms with Gasteiger partial charge in [0.05, 0.1) is 16.6 Å². The van der Waals surface area contributed by atoms with E-state index in [0.29, 0.717) is 16.1 Å². The third-order valence-corrected chi connectivity index (χ3v) is 5.19. The molecule has 2 aromatic rings. The van der Waals surface area contributed by atoms with Crippen LogP contribution in [0.3, 0.4) is 0 Å². The van der Waals surface area contributed by atoms with Crippen LogP contribution >= 0.6 is 11.3 Å². The monoisotopic (exact) mass is 346 g/mol. The molecule has 2 N–H and O–H groups in total. The number of hydrogen-bond donors (Lipinski definition) is 2. The molecule has 0 spiro atoms. The molecular weight excluding hydrogens is 324 g/mol. The molecule has 1 aromatic heterocycles. The fourth-order valence-corrected chi connectivity index (χ4v) is 3.28. The normalized spacial score (nSPS) is 12.7. The summed E-state index contributed by atoms with van der Waals surface area (Å²) in [5.41, 5.74) is 1.22. The Labute approximate surface area is 145 Å². The number of rotatable bonds is 5. The number of aryl methyl sites for hydroxylation is 1. The lowest BCUT2D eigenvalue weighted by atomic mass is 9.98. The predicted octanol–water partition coefficient (Wildman–Crippen LogP) is 3.35. The molecule has 1 amide bonds. The topological polar surface area (TPSA) is 79.3 Å². The maximum Gasteiger partial charge on any atom is 0.312 e. The molecule has 0 radical (unpaired) electrons. The molecule has 1 aromatic carbocycles. The summed E-state index contributed by atoms with van der Waals surface area (Å²) >= 11 is 1.36. The molecule has 24 heavy (non-hydrogen) atoms. The number of nitrogens with zero attached hydrogens (tertiary/aromatic N) is 1. The first-order chi connectivity index (χ1) is 11.2. The number of carboxylic acid groups (broad SMARTS) is 1. The van der Waals surface area contributed by atoms with Gasteiger partial charge < -0.3 is 10.4 Å². The van der Waals surface area contributed by atoms with Gasteiger partial charge in [-0.05, 0) is 12.5 Å². The van der Waals surface area contributed by atoms with Gasteiger partial charge in [-0.3, -0.25) is 9.59 Å². The number of aliphatic carboxylic acids is 1. The Hall–Kier alpha value is -2.21. The van der Waals surface area contributed by atoms with Gasteiger partial charge in [-0.15, -0.1) is 11.3 Å². The molecule has 128 valence electrons. The largest absolute Gasteiger partial charge is 0.481 e. The van der Waals surface area contributed by atoms with E-state index in [1.807, 2.05) is 26.8 Å². The molecule has 0 bridgehead atoms. The Balaban J connectivity index is 2.12. The van der Waals surface area contributed by atoms with Gasteiger partial charge in [0.25, 0.3) is 5.91 Å². The van der Waals surface area contributed by atoms with Gasteiger partial charge in [0.1, 0.15) is 4.88 Å². The van der Waals surface area contributed by atoms with Crippen LogP contribution in [-0.2, 0) is 10.2 Å². The van der Waals surface area contributed by atoms with Crippen molar-refractivity contribution in [1.82, 2.24) is 10.3 Å². The summed E-state index contributed by atoms with van der Waals surface area (Å²) in [7, 11) is 0. The molecule has 0 saturated carbocycles. The lowest BCUT2D eigenvalue weighted by Crippen LogP contribution is -2.31. The first-order valence-electron chi connectivity index (χ1n) is 7.74. The van der Waals surface area contributed by atoms with E-state index in [1.165, 1.54) is 11.3 Å². The molecule has 0 saturated heterocycles. The van der Waals surface area contributed by atoms with E-state index in [4.69, 9.17) is 0 Å². The van der Waals surface area contributed by atoms with E-state index in [0.717, 1.165) is 5.01 Å². The highest BCUT2D eigenvalue weighted by atomic mass is 32.1. The second-order valence-corrected chi connectivity index (χ2v) is 7.69. The maximum absolute atomic E-state index is 12.4. The van der Waals surface area contributed by atoms with E-state index < -0.39 is 11.9 Å². The minimum atomic E-state index is -0.960. The van der Waals surface area contributed by atoms with Crippen molar-refractivity contribution >= 4 is 23.2 Å². The van der Waals surface area contributed by atoms with Gasteiger partial charge in [-0.2, -0.15) is 0 Å². The first kappa shape index (κ1) is 18.1. The number of amides is 1. The number of nitrogens with one attached hydrogen (secondary N) is 1. The standard InChI is InChI=1S/C18H22N2O3S/c1-11-14(24-17(20-11)18(2,3)4)15(21)19-10-13(16(22)23)12-8-6-5-7-9-12/h5-9,13H,10H2,1-4H3,(H,19,21)(H,22,23). The third kappa shape index (κ3) is 4.20. The van der Waals surface area contributed by atoms with Crippen molar-refractivity contribution in [2.24, 2.45) is 0 Å². The third-order valence-electron chi connectivity index (χ3n) is 3.61. The highest BCUT2D eigenvalue weighted by Crippen LogP contribution is 2.29. The molecule has 0 aliphatic rings. The lowest BCUT2D eigenvalue weighted by molar-refractivity contribution is -0.138. The zero-order valence-corrected chi connectivity index (χ0v) is 15.1. The van der Waals surface area contributed by atoms with Crippen LogP contribution in [0.15, 0.2) is 30.3 Å². The smallest absolute Gasteiger partial charge is 0.312 e. The summed E-state index contributed by atoms with van der Waals surface area (Å²) in [5, 5.41) is 13.0. The number of thiazole rings is 1. The summed E-state index contributed by atoms with van der Waals surface area (Å²) in [5.74, 6) is -2.01. The molecule has 2 rings (SSSR count). The average molecular weight is 346 g/mol. The van der Waals surface area contributed by atoms with E-state index in [9.17, 15) is 14.7 Å². The summed E-state index contributed by atoms with van der Waals surface area (Å²) in [6, 6.07) is 8.91. The van der Waals surface area contributed by atoms with Crippen LogP contribution in [-0.4, -0.2) is 28.5 Å². The molecule has 1 unspecified atom stereocenters. The van der Waals surface area contributed by atoms with Crippen molar-refractivity contribution in [3.8, 4) is 0 Å². The predicted molar refractivity (Wildman–Crippen MR) is 94.7 cm³/mol. The Bertz CT molecular complexity index is 732. The van der Waals surface area contributed by atoms with Crippen LogP contribution in [0.2, 0.25) is 0 Å². The molecule has 0 aliphatic carbocycles. The van der Waals surface area contributed by atoms with Crippen LogP contribution in [0.5, 0.6) is 0 Å². The number of aromatic nitrogens is 1. The molecular formula is C18H22N2O3S. The van der Waals surface area contributed by atoms with Gasteiger partial charge in [0.2, 0.25) is 0 Å². The minimum Gasteiger partial charge on any atom is -0.481 e. The Morgan fingerprint density at radius 2 is 1.88 bits per heavy atom. The molecule has 0 fully saturated rings. The van der Waals surface area contributed by atoms with Crippen LogP contribution in [0, 0.1) is 6.92 Å². The summed E-state index contributed by atoms with van der Waals surface area (Å²) in [6.45, 7) is 7.97. The van der Waals surface area contributed by atoms with Gasteiger partial charge >= 0.3 is 5.97 Å². The second-order valence-electron chi connectivity index (χ2n) is 6.70. The fraction of sp³-hybridized carbons (Fsp3) is 0.389. The van der Waals surface area contributed by atoms with Crippen molar-refractivity contribution in [3.05, 3.63) is 51.5 Å². The summed E-state index contributed by atoms with van der Waals surface area (Å²) in [6.07, 6.45) is 0. The summed E-state index contributed by atoms with van der Waals surface area (Å²) in [4.78, 5) is 28.9. The van der Waals surface area contributed by atoms with Crippen molar-refractivity contribution in [1.29, 1.82) is 0 Å². The quantitative estimate of drug-likeness (QED) is 0.870. The highest BCUT2D eigenvalue weighted by molar-refractivity contribution is 7.14. The molecule has 1 atom stereocenters. The van der Waals surface area contributed by atoms with E-state index >= 15 is 0 Å². The maximum atomic E-state index is 12.4. The SMILES string of the molecule is Cc1nc(C(C)(C)C)sc1C(=O)NCC(C(=O)O)c1ccccc1. The van der Waals surface area contributed by atoms with E-state index in [1.54, 1.807) is 31.2 Å². The van der Waals surface area contributed by atoms with Crippen LogP contribution < -0.4 is 5.32 Å². The lowest BCUT2D eigenvalue weighted by Gasteiger charge is -2.14. The number of carbonyl (C=O) groups excluding carboxylic acids is 1. The van der Waals surface area contributed by atoms with Crippen molar-refractivity contribution < 1.29 is 14.7 Å². The van der Waals surface area contributed by atoms with Gasteiger partial charge in [-0.1, -0.05) is 51.1 Å². The Morgan fingerprint density at radius 3 is 2.38 bits per heavy atom. The average Bonchev–Trinajstić information content (AvgIpc) is 2.90. The zero-order chi connectivity index (χ0) is 17.9. The molecule has 5 nitrogen and oxygen atoms in total. The number of carbonyl (C=O) groups is 2. The highest BCUT2D eigenvalue weighted by Gasteiger charge is 2.25. The fourth-order valence-electron chi connectivity index (χ4n) is 2.24. The minimum absolute atomic E-state index is 0.0420.